The van der Waals surface area contributed by atoms with E-state index in [-0.39, 0.29) is 24.2 Å². The van der Waals surface area contributed by atoms with Gasteiger partial charge in [-0.2, -0.15) is 0 Å². The topological polar surface area (TPSA) is 32.3 Å². The van der Waals surface area contributed by atoms with Crippen LogP contribution in [0.3, 0.4) is 0 Å². The number of nitrogens with zero attached hydrogens (tertiary/aromatic N) is 1. The van der Waals surface area contributed by atoms with E-state index < -0.39 is 0 Å². The summed E-state index contributed by atoms with van der Waals surface area (Å²) >= 11 is 0. The summed E-state index contributed by atoms with van der Waals surface area (Å²) in [7, 11) is 0. The van der Waals surface area contributed by atoms with E-state index in [1.807, 2.05) is 11.8 Å². The molecular weight excluding hydrogens is 260 g/mol. The molecule has 21 heavy (non-hydrogen) atoms. The molecule has 0 aromatic heterocycles. The number of carbonyl (C=O) groups is 1. The SMILES string of the molecule is CCCCC(C)N1C(=O)C(C)NC1c1ccc(CC)cc1. The number of carbonyl (C=O) groups excluding carboxylic acids is 1. The number of benzene rings is 1. The van der Waals surface area contributed by atoms with Crippen LogP contribution in [-0.2, 0) is 11.2 Å². The fourth-order valence-electron chi connectivity index (χ4n) is 3.04. The average molecular weight is 288 g/mol. The number of hydrogen-bond acceptors (Lipinski definition) is 2. The molecule has 0 spiro atoms. The van der Waals surface area contributed by atoms with E-state index in [9.17, 15) is 4.79 Å². The van der Waals surface area contributed by atoms with Crippen molar-refractivity contribution in [2.24, 2.45) is 0 Å². The minimum Gasteiger partial charge on any atom is -0.319 e. The van der Waals surface area contributed by atoms with Crippen LogP contribution in [0.15, 0.2) is 24.3 Å². The molecule has 1 N–H and O–H groups in total. The van der Waals surface area contributed by atoms with E-state index in [0.717, 1.165) is 12.8 Å². The molecule has 1 aromatic carbocycles. The molecule has 0 aliphatic carbocycles. The second-order valence-electron chi connectivity index (χ2n) is 6.12. The summed E-state index contributed by atoms with van der Waals surface area (Å²) in [6, 6.07) is 8.83. The van der Waals surface area contributed by atoms with E-state index in [2.05, 4.69) is 50.4 Å². The lowest BCUT2D eigenvalue weighted by molar-refractivity contribution is -0.131. The van der Waals surface area contributed by atoms with Crippen LogP contribution in [0.2, 0.25) is 0 Å². The number of hydrogen-bond donors (Lipinski definition) is 1. The number of unbranched alkanes of at least 4 members (excludes halogenated alkanes) is 1. The highest BCUT2D eigenvalue weighted by molar-refractivity contribution is 5.84. The Morgan fingerprint density at radius 3 is 2.48 bits per heavy atom. The Balaban J connectivity index is 2.20. The maximum Gasteiger partial charge on any atom is 0.241 e. The third-order valence-electron chi connectivity index (χ3n) is 4.46. The molecule has 3 heteroatoms. The minimum atomic E-state index is -0.0927. The Hall–Kier alpha value is -1.35. The van der Waals surface area contributed by atoms with Crippen LogP contribution in [-0.4, -0.2) is 22.9 Å². The van der Waals surface area contributed by atoms with Gasteiger partial charge < -0.3 is 4.90 Å². The quantitative estimate of drug-likeness (QED) is 0.866. The van der Waals surface area contributed by atoms with Crippen molar-refractivity contribution < 1.29 is 4.79 Å². The molecule has 1 heterocycles. The van der Waals surface area contributed by atoms with Crippen LogP contribution in [0.1, 0.15) is 64.3 Å². The van der Waals surface area contributed by atoms with Crippen LogP contribution < -0.4 is 5.32 Å². The standard InChI is InChI=1S/C18H28N2O/c1-5-7-8-13(3)20-17(19-14(4)18(20)21)16-11-9-15(6-2)10-12-16/h9-14,17,19H,5-8H2,1-4H3. The zero-order valence-electron chi connectivity index (χ0n) is 13.7. The predicted octanol–water partition coefficient (Wildman–Crippen LogP) is 3.65. The second kappa shape index (κ2) is 7.08. The summed E-state index contributed by atoms with van der Waals surface area (Å²) in [4.78, 5) is 14.5. The summed E-state index contributed by atoms with van der Waals surface area (Å²) in [5.74, 6) is 0.225. The van der Waals surface area contributed by atoms with Crippen molar-refractivity contribution in [1.29, 1.82) is 0 Å². The molecule has 3 atom stereocenters. The van der Waals surface area contributed by atoms with Gasteiger partial charge in [0.25, 0.3) is 0 Å². The first kappa shape index (κ1) is 16.0. The highest BCUT2D eigenvalue weighted by Crippen LogP contribution is 2.29. The van der Waals surface area contributed by atoms with Crippen molar-refractivity contribution >= 4 is 5.91 Å². The molecule has 116 valence electrons. The normalized spacial score (nSPS) is 23.6. The maximum absolute atomic E-state index is 12.5. The molecule has 0 radical (unpaired) electrons. The molecule has 0 bridgehead atoms. The number of rotatable bonds is 6. The molecule has 1 amide bonds. The van der Waals surface area contributed by atoms with Crippen molar-refractivity contribution in [3.8, 4) is 0 Å². The van der Waals surface area contributed by atoms with Gasteiger partial charge in [0.15, 0.2) is 0 Å². The van der Waals surface area contributed by atoms with Crippen molar-refractivity contribution in [3.05, 3.63) is 35.4 Å². The maximum atomic E-state index is 12.5. The van der Waals surface area contributed by atoms with Gasteiger partial charge in [0, 0.05) is 6.04 Å². The Morgan fingerprint density at radius 2 is 1.90 bits per heavy atom. The van der Waals surface area contributed by atoms with Crippen LogP contribution in [0.25, 0.3) is 0 Å². The first-order chi connectivity index (χ1) is 10.1. The van der Waals surface area contributed by atoms with Crippen molar-refractivity contribution in [3.63, 3.8) is 0 Å². The van der Waals surface area contributed by atoms with Gasteiger partial charge in [-0.15, -0.1) is 0 Å². The second-order valence-corrected chi connectivity index (χ2v) is 6.12. The Kier molecular flexibility index (Phi) is 5.40. The van der Waals surface area contributed by atoms with Gasteiger partial charge in [-0.25, -0.2) is 0 Å². The monoisotopic (exact) mass is 288 g/mol. The lowest BCUT2D eigenvalue weighted by Crippen LogP contribution is -2.38. The van der Waals surface area contributed by atoms with Crippen molar-refractivity contribution in [2.75, 3.05) is 0 Å². The largest absolute Gasteiger partial charge is 0.319 e. The van der Waals surface area contributed by atoms with Gasteiger partial charge >= 0.3 is 0 Å². The number of aryl methyl sites for hydroxylation is 1. The lowest BCUT2D eigenvalue weighted by Gasteiger charge is -2.31. The van der Waals surface area contributed by atoms with E-state index >= 15 is 0 Å². The molecule has 1 saturated heterocycles. The van der Waals surface area contributed by atoms with Crippen LogP contribution in [0.5, 0.6) is 0 Å². The summed E-state index contributed by atoms with van der Waals surface area (Å²) in [6.07, 6.45) is 4.47. The molecule has 3 nitrogen and oxygen atoms in total. The zero-order valence-corrected chi connectivity index (χ0v) is 13.7. The van der Waals surface area contributed by atoms with E-state index in [1.54, 1.807) is 0 Å². The smallest absolute Gasteiger partial charge is 0.241 e. The molecule has 1 aliphatic rings. The zero-order chi connectivity index (χ0) is 15.4. The van der Waals surface area contributed by atoms with Crippen molar-refractivity contribution in [1.82, 2.24) is 10.2 Å². The molecule has 1 fully saturated rings. The first-order valence-electron chi connectivity index (χ1n) is 8.25. The molecule has 1 aliphatic heterocycles. The van der Waals surface area contributed by atoms with E-state index in [0.29, 0.717) is 0 Å². The average Bonchev–Trinajstić information content (AvgIpc) is 2.80. The summed E-state index contributed by atoms with van der Waals surface area (Å²) in [5.41, 5.74) is 2.52. The highest BCUT2D eigenvalue weighted by Gasteiger charge is 2.39. The van der Waals surface area contributed by atoms with Gasteiger partial charge in [0.2, 0.25) is 5.91 Å². The fourth-order valence-corrected chi connectivity index (χ4v) is 3.04. The van der Waals surface area contributed by atoms with Gasteiger partial charge in [-0.3, -0.25) is 10.1 Å². The van der Waals surface area contributed by atoms with Gasteiger partial charge in [0.1, 0.15) is 6.17 Å². The van der Waals surface area contributed by atoms with Gasteiger partial charge in [-0.05, 0) is 37.8 Å². The third-order valence-corrected chi connectivity index (χ3v) is 4.46. The van der Waals surface area contributed by atoms with Gasteiger partial charge in [0.05, 0.1) is 6.04 Å². The Labute approximate surface area is 128 Å². The Morgan fingerprint density at radius 1 is 1.24 bits per heavy atom. The third kappa shape index (κ3) is 3.46. The highest BCUT2D eigenvalue weighted by atomic mass is 16.2. The summed E-state index contributed by atoms with van der Waals surface area (Å²) in [6.45, 7) is 8.48. The van der Waals surface area contributed by atoms with E-state index in [1.165, 1.54) is 24.0 Å². The number of amides is 1. The molecule has 3 unspecified atom stereocenters. The number of nitrogens with one attached hydrogen (secondary N) is 1. The van der Waals surface area contributed by atoms with Crippen molar-refractivity contribution in [2.45, 2.75) is 71.6 Å². The minimum absolute atomic E-state index is 0.0188. The lowest BCUT2D eigenvalue weighted by atomic mass is 10.1. The van der Waals surface area contributed by atoms with Gasteiger partial charge in [-0.1, -0.05) is 51.0 Å². The molecular formula is C18H28N2O. The molecule has 0 saturated carbocycles. The van der Waals surface area contributed by atoms with E-state index in [4.69, 9.17) is 0 Å². The predicted molar refractivity (Wildman–Crippen MR) is 87.0 cm³/mol. The van der Waals surface area contributed by atoms with Crippen LogP contribution in [0, 0.1) is 0 Å². The first-order valence-corrected chi connectivity index (χ1v) is 8.25. The summed E-state index contributed by atoms with van der Waals surface area (Å²) < 4.78 is 0. The Bertz CT molecular complexity index is 469. The fraction of sp³-hybridized carbons (Fsp3) is 0.611. The van der Waals surface area contributed by atoms with Crippen LogP contribution >= 0.6 is 0 Å². The molecule has 1 aromatic rings. The molecule has 2 rings (SSSR count). The summed E-state index contributed by atoms with van der Waals surface area (Å²) in [5, 5.41) is 3.44. The van der Waals surface area contributed by atoms with Crippen LogP contribution in [0.4, 0.5) is 0 Å².